The molecule has 0 fully saturated rings. The minimum atomic E-state index is -2.60. The number of hydrogen-bond acceptors (Lipinski definition) is 8. The monoisotopic (exact) mass is 407 g/mol. The average Bonchev–Trinajstić information content (AvgIpc) is 2.67. The first-order chi connectivity index (χ1) is 13.4. The molecule has 0 bridgehead atoms. The third-order valence-electron chi connectivity index (χ3n) is 4.21. The predicted octanol–water partition coefficient (Wildman–Crippen LogP) is 2.61. The van der Waals surface area contributed by atoms with E-state index in [1.54, 1.807) is 12.3 Å². The van der Waals surface area contributed by atoms with Crippen molar-refractivity contribution in [2.24, 2.45) is 10.7 Å². The van der Waals surface area contributed by atoms with Crippen molar-refractivity contribution < 1.29 is 18.3 Å². The van der Waals surface area contributed by atoms with Crippen LogP contribution in [0.1, 0.15) is 35.1 Å². The molecule has 148 valence electrons. The molecule has 3 rings (SSSR count). The highest BCUT2D eigenvalue weighted by atomic mass is 32.2. The Labute approximate surface area is 164 Å². The molecule has 10 heteroatoms. The average molecular weight is 407 g/mol. The lowest BCUT2D eigenvalue weighted by Crippen LogP contribution is -2.29. The SMILES string of the molecule is C[C@@]1(c2cc(CC(=O)c3cnc(OCC(F)F)cn3)ccn2)CCSC(N)=N1. The second-order valence-corrected chi connectivity index (χ2v) is 7.53. The van der Waals surface area contributed by atoms with Gasteiger partial charge < -0.3 is 10.5 Å². The Morgan fingerprint density at radius 2 is 2.18 bits per heavy atom. The van der Waals surface area contributed by atoms with Gasteiger partial charge in [0.15, 0.2) is 17.6 Å². The van der Waals surface area contributed by atoms with Crippen LogP contribution in [-0.4, -0.2) is 44.7 Å². The van der Waals surface area contributed by atoms with Gasteiger partial charge in [-0.1, -0.05) is 11.8 Å². The zero-order valence-corrected chi connectivity index (χ0v) is 16.0. The zero-order valence-electron chi connectivity index (χ0n) is 15.1. The van der Waals surface area contributed by atoms with Crippen molar-refractivity contribution in [3.8, 4) is 5.88 Å². The summed E-state index contributed by atoms with van der Waals surface area (Å²) in [6.07, 6.45) is 2.32. The molecular weight excluding hydrogens is 388 g/mol. The molecule has 28 heavy (non-hydrogen) atoms. The molecule has 3 heterocycles. The summed E-state index contributed by atoms with van der Waals surface area (Å²) in [6, 6.07) is 3.60. The van der Waals surface area contributed by atoms with Crippen LogP contribution >= 0.6 is 11.8 Å². The van der Waals surface area contributed by atoms with Crippen LogP contribution in [-0.2, 0) is 12.0 Å². The Hall–Kier alpha value is -2.62. The molecular formula is C18H19F2N5O2S. The van der Waals surface area contributed by atoms with E-state index >= 15 is 0 Å². The van der Waals surface area contributed by atoms with Gasteiger partial charge in [0.05, 0.1) is 18.1 Å². The first-order valence-electron chi connectivity index (χ1n) is 8.55. The number of amidine groups is 1. The van der Waals surface area contributed by atoms with E-state index in [1.807, 2.05) is 13.0 Å². The number of Topliss-reactive ketones (excluding diaryl/α,β-unsaturated/α-hetero) is 1. The number of hydrogen-bond donors (Lipinski definition) is 1. The summed E-state index contributed by atoms with van der Waals surface area (Å²) < 4.78 is 29.0. The summed E-state index contributed by atoms with van der Waals surface area (Å²) in [5.74, 6) is 0.547. The summed E-state index contributed by atoms with van der Waals surface area (Å²) in [6.45, 7) is 1.20. The van der Waals surface area contributed by atoms with E-state index in [4.69, 9.17) is 10.5 Å². The number of thioether (sulfide) groups is 1. The highest BCUT2D eigenvalue weighted by molar-refractivity contribution is 8.13. The van der Waals surface area contributed by atoms with Crippen molar-refractivity contribution in [1.82, 2.24) is 15.0 Å². The van der Waals surface area contributed by atoms with Crippen LogP contribution in [0.2, 0.25) is 0 Å². The highest BCUT2D eigenvalue weighted by Crippen LogP contribution is 2.34. The molecule has 0 saturated heterocycles. The molecule has 0 unspecified atom stereocenters. The van der Waals surface area contributed by atoms with Crippen molar-refractivity contribution in [2.45, 2.75) is 31.7 Å². The first kappa shape index (κ1) is 20.1. The van der Waals surface area contributed by atoms with E-state index in [9.17, 15) is 13.6 Å². The Bertz CT molecular complexity index is 879. The smallest absolute Gasteiger partial charge is 0.272 e. The van der Waals surface area contributed by atoms with Crippen LogP contribution in [0.25, 0.3) is 0 Å². The van der Waals surface area contributed by atoms with E-state index in [0.717, 1.165) is 29.6 Å². The molecule has 0 spiro atoms. The van der Waals surface area contributed by atoms with Crippen molar-refractivity contribution in [2.75, 3.05) is 12.4 Å². The van der Waals surface area contributed by atoms with E-state index in [-0.39, 0.29) is 23.8 Å². The summed E-state index contributed by atoms with van der Waals surface area (Å²) in [5, 5.41) is 0.529. The fourth-order valence-corrected chi connectivity index (χ4v) is 3.68. The summed E-state index contributed by atoms with van der Waals surface area (Å²) in [7, 11) is 0. The number of halogens is 2. The van der Waals surface area contributed by atoms with Crippen LogP contribution in [0.3, 0.4) is 0 Å². The molecule has 0 aromatic carbocycles. The fraction of sp³-hybridized carbons (Fsp3) is 0.389. The van der Waals surface area contributed by atoms with Crippen LogP contribution in [0.5, 0.6) is 5.88 Å². The molecule has 2 N–H and O–H groups in total. The minimum Gasteiger partial charge on any atom is -0.470 e. The van der Waals surface area contributed by atoms with Gasteiger partial charge in [0.2, 0.25) is 5.88 Å². The summed E-state index contributed by atoms with van der Waals surface area (Å²) in [5.41, 5.74) is 6.99. The molecule has 1 aliphatic rings. The van der Waals surface area contributed by atoms with E-state index in [0.29, 0.717) is 5.17 Å². The van der Waals surface area contributed by atoms with Crippen LogP contribution in [0.15, 0.2) is 35.7 Å². The normalized spacial score (nSPS) is 19.4. The van der Waals surface area contributed by atoms with Gasteiger partial charge in [0, 0.05) is 18.4 Å². The lowest BCUT2D eigenvalue weighted by Gasteiger charge is -2.28. The number of nitrogens with two attached hydrogens (primary N) is 1. The van der Waals surface area contributed by atoms with Crippen molar-refractivity contribution in [1.29, 1.82) is 0 Å². The van der Waals surface area contributed by atoms with E-state index in [1.165, 1.54) is 18.0 Å². The second-order valence-electron chi connectivity index (χ2n) is 6.41. The molecule has 2 aromatic heterocycles. The summed E-state index contributed by atoms with van der Waals surface area (Å²) in [4.78, 5) is 29.2. The molecule has 0 saturated carbocycles. The molecule has 2 aromatic rings. The van der Waals surface area contributed by atoms with Gasteiger partial charge >= 0.3 is 0 Å². The fourth-order valence-electron chi connectivity index (χ4n) is 2.71. The standard InChI is InChI=1S/C18H19F2N5O2S/c1-18(3-5-28-17(21)25-18)14-7-11(2-4-22-14)6-13(26)12-8-24-16(9-23-12)27-10-15(19)20/h2,4,7-9,15H,3,5-6,10H2,1H3,(H2,21,25)/t18-/m0/s1. The van der Waals surface area contributed by atoms with Gasteiger partial charge in [-0.2, -0.15) is 0 Å². The van der Waals surface area contributed by atoms with Gasteiger partial charge in [-0.3, -0.25) is 9.78 Å². The molecule has 7 nitrogen and oxygen atoms in total. The lowest BCUT2D eigenvalue weighted by molar-refractivity contribution is 0.0792. The van der Waals surface area contributed by atoms with Crippen molar-refractivity contribution in [3.63, 3.8) is 0 Å². The second kappa shape index (κ2) is 8.59. The van der Waals surface area contributed by atoms with Gasteiger partial charge in [-0.25, -0.2) is 23.7 Å². The van der Waals surface area contributed by atoms with Gasteiger partial charge in [0.1, 0.15) is 11.2 Å². The third kappa shape index (κ3) is 5.00. The number of ether oxygens (including phenoxy) is 1. The Balaban J connectivity index is 1.70. The lowest BCUT2D eigenvalue weighted by atomic mass is 9.93. The van der Waals surface area contributed by atoms with E-state index in [2.05, 4.69) is 19.9 Å². The maximum atomic E-state index is 12.5. The molecule has 1 aliphatic heterocycles. The molecule has 1 atom stereocenters. The van der Waals surface area contributed by atoms with Crippen molar-refractivity contribution in [3.05, 3.63) is 47.7 Å². The summed E-state index contributed by atoms with van der Waals surface area (Å²) >= 11 is 1.51. The Kier molecular flexibility index (Phi) is 6.18. The number of alkyl halides is 2. The number of rotatable bonds is 7. The van der Waals surface area contributed by atoms with Crippen LogP contribution in [0, 0.1) is 0 Å². The maximum Gasteiger partial charge on any atom is 0.272 e. The third-order valence-corrected chi connectivity index (χ3v) is 5.00. The van der Waals surface area contributed by atoms with Gasteiger partial charge in [0.25, 0.3) is 6.43 Å². The number of ketones is 1. The topological polar surface area (TPSA) is 103 Å². The van der Waals surface area contributed by atoms with Crippen LogP contribution in [0.4, 0.5) is 8.78 Å². The number of carbonyl (C=O) groups excluding carboxylic acids is 1. The highest BCUT2D eigenvalue weighted by Gasteiger charge is 2.31. The number of carbonyl (C=O) groups is 1. The molecule has 0 aliphatic carbocycles. The van der Waals surface area contributed by atoms with E-state index < -0.39 is 18.6 Å². The Morgan fingerprint density at radius 3 is 2.86 bits per heavy atom. The molecule has 0 radical (unpaired) electrons. The number of aromatic nitrogens is 3. The van der Waals surface area contributed by atoms with Gasteiger partial charge in [-0.15, -0.1) is 0 Å². The first-order valence-corrected chi connectivity index (χ1v) is 9.54. The predicted molar refractivity (Wildman–Crippen MR) is 102 cm³/mol. The Morgan fingerprint density at radius 1 is 1.36 bits per heavy atom. The maximum absolute atomic E-state index is 12.5. The minimum absolute atomic E-state index is 0.0541. The largest absolute Gasteiger partial charge is 0.470 e. The molecule has 0 amide bonds. The number of nitrogens with zero attached hydrogens (tertiary/aromatic N) is 4. The quantitative estimate of drug-likeness (QED) is 0.704. The van der Waals surface area contributed by atoms with Crippen LogP contribution < -0.4 is 10.5 Å². The number of aliphatic imine (C=N–C) groups is 1. The van der Waals surface area contributed by atoms with Crippen molar-refractivity contribution >= 4 is 22.7 Å². The zero-order chi connectivity index (χ0) is 20.1. The number of pyridine rings is 1. The van der Waals surface area contributed by atoms with Gasteiger partial charge in [-0.05, 0) is 31.0 Å².